The topological polar surface area (TPSA) is 50.8 Å². The van der Waals surface area contributed by atoms with Gasteiger partial charge in [0.05, 0.1) is 7.11 Å². The summed E-state index contributed by atoms with van der Waals surface area (Å²) < 4.78 is 12.5. The van der Waals surface area contributed by atoms with Crippen LogP contribution in [-0.2, 0) is 19.7 Å². The highest BCUT2D eigenvalue weighted by molar-refractivity contribution is 9.10. The number of carbonyl (C=O) groups is 1. The summed E-state index contributed by atoms with van der Waals surface area (Å²) in [5, 5.41) is 3.01. The van der Waals surface area contributed by atoms with E-state index in [1.807, 2.05) is 103 Å². The van der Waals surface area contributed by atoms with E-state index < -0.39 is 0 Å². The van der Waals surface area contributed by atoms with Gasteiger partial charge in [0, 0.05) is 23.2 Å². The molecule has 0 bridgehead atoms. The molecule has 4 aromatic carbocycles. The molecule has 178 valence electrons. The Bertz CT molecular complexity index is 1250. The second kappa shape index (κ2) is 12.1. The first-order valence-corrected chi connectivity index (χ1v) is 12.1. The maximum absolute atomic E-state index is 13.3. The van der Waals surface area contributed by atoms with Crippen LogP contribution in [0.25, 0.3) is 0 Å². The third-order valence-corrected chi connectivity index (χ3v) is 5.91. The molecule has 0 heterocycles. The normalized spacial score (nSPS) is 10.5. The number of hydrogen-bond donors (Lipinski definition) is 1. The summed E-state index contributed by atoms with van der Waals surface area (Å²) in [6.45, 7) is 1.30. The van der Waals surface area contributed by atoms with Gasteiger partial charge >= 0.3 is 6.03 Å². The number of urea groups is 1. The van der Waals surface area contributed by atoms with E-state index in [1.165, 1.54) is 0 Å². The first-order valence-electron chi connectivity index (χ1n) is 11.3. The van der Waals surface area contributed by atoms with Gasteiger partial charge in [0.2, 0.25) is 0 Å². The van der Waals surface area contributed by atoms with Crippen molar-refractivity contribution in [2.45, 2.75) is 19.7 Å². The molecule has 4 aromatic rings. The number of anilines is 1. The van der Waals surface area contributed by atoms with Gasteiger partial charge in [-0.25, -0.2) is 4.79 Å². The highest BCUT2D eigenvalue weighted by Crippen LogP contribution is 2.30. The molecule has 0 spiro atoms. The predicted molar refractivity (Wildman–Crippen MR) is 143 cm³/mol. The number of amides is 2. The van der Waals surface area contributed by atoms with E-state index in [9.17, 15) is 4.79 Å². The van der Waals surface area contributed by atoms with Crippen LogP contribution in [0.3, 0.4) is 0 Å². The molecule has 0 unspecified atom stereocenters. The van der Waals surface area contributed by atoms with Crippen molar-refractivity contribution in [1.29, 1.82) is 0 Å². The summed E-state index contributed by atoms with van der Waals surface area (Å²) in [6, 6.07) is 33.1. The second-order valence-corrected chi connectivity index (χ2v) is 8.96. The van der Waals surface area contributed by atoms with Crippen molar-refractivity contribution in [1.82, 2.24) is 4.90 Å². The molecule has 0 fully saturated rings. The molecule has 5 nitrogen and oxygen atoms in total. The van der Waals surface area contributed by atoms with Crippen molar-refractivity contribution in [3.8, 4) is 11.5 Å². The third kappa shape index (κ3) is 7.11. The Kier molecular flexibility index (Phi) is 8.41. The van der Waals surface area contributed by atoms with Gasteiger partial charge in [0.25, 0.3) is 0 Å². The molecule has 0 aliphatic rings. The quantitative estimate of drug-likeness (QED) is 0.247. The average molecular weight is 531 g/mol. The number of rotatable bonds is 9. The van der Waals surface area contributed by atoms with Gasteiger partial charge < -0.3 is 19.7 Å². The average Bonchev–Trinajstić information content (AvgIpc) is 2.88. The van der Waals surface area contributed by atoms with Crippen LogP contribution in [0.15, 0.2) is 108 Å². The van der Waals surface area contributed by atoms with Crippen LogP contribution in [0, 0.1) is 0 Å². The zero-order chi connectivity index (χ0) is 24.5. The molecule has 2 amide bonds. The Hall–Kier alpha value is -3.77. The zero-order valence-corrected chi connectivity index (χ0v) is 21.1. The van der Waals surface area contributed by atoms with E-state index in [0.29, 0.717) is 31.2 Å². The highest BCUT2D eigenvalue weighted by atomic mass is 79.9. The lowest BCUT2D eigenvalue weighted by Crippen LogP contribution is -2.34. The van der Waals surface area contributed by atoms with Crippen molar-refractivity contribution in [2.75, 3.05) is 12.4 Å². The molecule has 0 saturated carbocycles. The van der Waals surface area contributed by atoms with Crippen LogP contribution in [0.4, 0.5) is 10.5 Å². The van der Waals surface area contributed by atoms with Crippen LogP contribution < -0.4 is 14.8 Å². The molecular formula is C29H27BrN2O3. The molecule has 6 heteroatoms. The largest absolute Gasteiger partial charge is 0.493 e. The fourth-order valence-corrected chi connectivity index (χ4v) is 4.06. The van der Waals surface area contributed by atoms with Crippen LogP contribution in [-0.4, -0.2) is 18.0 Å². The first-order chi connectivity index (χ1) is 17.1. The molecular weight excluding hydrogens is 504 g/mol. The lowest BCUT2D eigenvalue weighted by Gasteiger charge is -2.24. The number of hydrogen-bond acceptors (Lipinski definition) is 3. The zero-order valence-electron chi connectivity index (χ0n) is 19.5. The summed E-state index contributed by atoms with van der Waals surface area (Å²) >= 11 is 3.46. The maximum Gasteiger partial charge on any atom is 0.322 e. The lowest BCUT2D eigenvalue weighted by molar-refractivity contribution is 0.206. The minimum absolute atomic E-state index is 0.186. The first kappa shape index (κ1) is 24.4. The number of methoxy groups -OCH3 is 1. The lowest BCUT2D eigenvalue weighted by atomic mass is 10.1. The maximum atomic E-state index is 13.3. The summed E-state index contributed by atoms with van der Waals surface area (Å²) in [5.41, 5.74) is 3.78. The van der Waals surface area contributed by atoms with Crippen molar-refractivity contribution >= 4 is 27.6 Å². The Morgan fingerprint density at radius 1 is 0.771 bits per heavy atom. The van der Waals surface area contributed by atoms with Crippen molar-refractivity contribution in [3.05, 3.63) is 124 Å². The molecule has 35 heavy (non-hydrogen) atoms. The monoisotopic (exact) mass is 530 g/mol. The van der Waals surface area contributed by atoms with Gasteiger partial charge in [0.15, 0.2) is 11.5 Å². The third-order valence-electron chi connectivity index (χ3n) is 5.42. The Morgan fingerprint density at radius 3 is 2.14 bits per heavy atom. The van der Waals surface area contributed by atoms with Crippen LogP contribution in [0.1, 0.15) is 16.7 Å². The number of nitrogens with one attached hydrogen (secondary N) is 1. The van der Waals surface area contributed by atoms with E-state index >= 15 is 0 Å². The van der Waals surface area contributed by atoms with Gasteiger partial charge in [-0.1, -0.05) is 88.7 Å². The molecule has 4 rings (SSSR count). The van der Waals surface area contributed by atoms with Crippen molar-refractivity contribution < 1.29 is 14.3 Å². The minimum atomic E-state index is -0.186. The van der Waals surface area contributed by atoms with Crippen molar-refractivity contribution in [3.63, 3.8) is 0 Å². The number of ether oxygens (including phenoxy) is 2. The molecule has 0 saturated heterocycles. The van der Waals surface area contributed by atoms with Crippen LogP contribution >= 0.6 is 15.9 Å². The van der Waals surface area contributed by atoms with E-state index in [2.05, 4.69) is 21.2 Å². The number of carbonyl (C=O) groups excluding carboxylic acids is 1. The molecule has 0 aliphatic heterocycles. The van der Waals surface area contributed by atoms with E-state index in [4.69, 9.17) is 9.47 Å². The Balaban J connectivity index is 1.54. The van der Waals surface area contributed by atoms with Gasteiger partial charge in [-0.15, -0.1) is 0 Å². The van der Waals surface area contributed by atoms with E-state index in [1.54, 1.807) is 12.0 Å². The summed E-state index contributed by atoms with van der Waals surface area (Å²) in [6.07, 6.45) is 0. The summed E-state index contributed by atoms with van der Waals surface area (Å²) in [5.74, 6) is 1.29. The highest BCUT2D eigenvalue weighted by Gasteiger charge is 2.17. The summed E-state index contributed by atoms with van der Waals surface area (Å²) in [7, 11) is 1.62. The van der Waals surface area contributed by atoms with Gasteiger partial charge in [-0.3, -0.25) is 0 Å². The van der Waals surface area contributed by atoms with Crippen molar-refractivity contribution in [2.24, 2.45) is 0 Å². The molecule has 0 aromatic heterocycles. The minimum Gasteiger partial charge on any atom is -0.493 e. The number of nitrogens with zero attached hydrogens (tertiary/aromatic N) is 1. The van der Waals surface area contributed by atoms with Crippen LogP contribution in [0.5, 0.6) is 11.5 Å². The van der Waals surface area contributed by atoms with Gasteiger partial charge in [-0.2, -0.15) is 0 Å². The molecule has 1 N–H and O–H groups in total. The van der Waals surface area contributed by atoms with Gasteiger partial charge in [0.1, 0.15) is 6.61 Å². The Labute approximate surface area is 214 Å². The standard InChI is InChI=1S/C29H27BrN2O3/c1-34-27-16-15-24(17-28(27)35-21-23-11-6-3-7-12-23)20-32(19-22-9-4-2-5-10-22)29(33)31-26-14-8-13-25(30)18-26/h2-18H,19-21H2,1H3,(H,31,33). The van der Waals surface area contributed by atoms with Crippen LogP contribution in [0.2, 0.25) is 0 Å². The van der Waals surface area contributed by atoms with Gasteiger partial charge in [-0.05, 0) is 47.0 Å². The Morgan fingerprint density at radius 2 is 1.46 bits per heavy atom. The number of halogens is 1. The smallest absolute Gasteiger partial charge is 0.322 e. The predicted octanol–water partition coefficient (Wildman–Crippen LogP) is 7.27. The molecule has 0 aliphatic carbocycles. The second-order valence-electron chi connectivity index (χ2n) is 8.04. The SMILES string of the molecule is COc1ccc(CN(Cc2ccccc2)C(=O)Nc2cccc(Br)c2)cc1OCc1ccccc1. The fourth-order valence-electron chi connectivity index (χ4n) is 3.66. The number of benzene rings is 4. The molecule has 0 radical (unpaired) electrons. The fraction of sp³-hybridized carbons (Fsp3) is 0.138. The van der Waals surface area contributed by atoms with E-state index in [0.717, 1.165) is 26.9 Å². The summed E-state index contributed by atoms with van der Waals surface area (Å²) in [4.78, 5) is 15.1. The molecule has 0 atom stereocenters. The van der Waals surface area contributed by atoms with E-state index in [-0.39, 0.29) is 6.03 Å².